The second-order valence-electron chi connectivity index (χ2n) is 5.27. The van der Waals surface area contributed by atoms with E-state index in [-0.39, 0.29) is 12.5 Å². The Hall–Kier alpha value is -1.36. The first-order valence-corrected chi connectivity index (χ1v) is 7.08. The van der Waals surface area contributed by atoms with Gasteiger partial charge in [0.25, 0.3) is 5.91 Å². The maximum atomic E-state index is 12.5. The lowest BCUT2D eigenvalue weighted by Crippen LogP contribution is -2.40. The molecular formula is C14H23N3O2. The third-order valence-electron chi connectivity index (χ3n) is 3.86. The topological polar surface area (TPSA) is 58.4 Å². The highest BCUT2D eigenvalue weighted by atomic mass is 16.3. The molecule has 5 heteroatoms. The lowest BCUT2D eigenvalue weighted by molar-refractivity contribution is 0.0642. The van der Waals surface area contributed by atoms with Gasteiger partial charge in [-0.2, -0.15) is 5.10 Å². The molecule has 1 N–H and O–H groups in total. The summed E-state index contributed by atoms with van der Waals surface area (Å²) in [5.41, 5.74) is 1.62. The van der Waals surface area contributed by atoms with Crippen molar-refractivity contribution in [3.05, 3.63) is 17.5 Å². The van der Waals surface area contributed by atoms with Gasteiger partial charge in [-0.1, -0.05) is 6.92 Å². The van der Waals surface area contributed by atoms with Crippen LogP contribution in [0, 0.1) is 5.92 Å². The lowest BCUT2D eigenvalue weighted by Gasteiger charge is -2.32. The van der Waals surface area contributed by atoms with Crippen LogP contribution in [-0.4, -0.2) is 45.4 Å². The van der Waals surface area contributed by atoms with Crippen molar-refractivity contribution in [1.82, 2.24) is 14.7 Å². The van der Waals surface area contributed by atoms with E-state index in [0.29, 0.717) is 11.6 Å². The van der Waals surface area contributed by atoms with E-state index in [1.165, 1.54) is 0 Å². The predicted molar refractivity (Wildman–Crippen MR) is 72.9 cm³/mol. The Bertz CT molecular complexity index is 440. The van der Waals surface area contributed by atoms with E-state index in [9.17, 15) is 4.79 Å². The van der Waals surface area contributed by atoms with Gasteiger partial charge < -0.3 is 10.0 Å². The Balaban J connectivity index is 2.07. The van der Waals surface area contributed by atoms with Gasteiger partial charge in [0.1, 0.15) is 5.69 Å². The van der Waals surface area contributed by atoms with Crippen LogP contribution in [-0.2, 0) is 13.5 Å². The van der Waals surface area contributed by atoms with Crippen LogP contribution in [0.2, 0.25) is 0 Å². The molecule has 1 aromatic heterocycles. The van der Waals surface area contributed by atoms with Crippen molar-refractivity contribution < 1.29 is 9.90 Å². The van der Waals surface area contributed by atoms with E-state index in [1.54, 1.807) is 4.68 Å². The summed E-state index contributed by atoms with van der Waals surface area (Å²) < 4.78 is 1.68. The Morgan fingerprint density at radius 2 is 2.37 bits per heavy atom. The molecule has 0 aromatic carbocycles. The van der Waals surface area contributed by atoms with Gasteiger partial charge >= 0.3 is 0 Å². The summed E-state index contributed by atoms with van der Waals surface area (Å²) in [6.07, 6.45) is 3.76. The van der Waals surface area contributed by atoms with Crippen molar-refractivity contribution in [2.24, 2.45) is 13.0 Å². The number of likely N-dealkylation sites (tertiary alicyclic amines) is 1. The molecule has 1 atom stereocenters. The summed E-state index contributed by atoms with van der Waals surface area (Å²) in [6.45, 7) is 3.81. The van der Waals surface area contributed by atoms with E-state index in [4.69, 9.17) is 5.11 Å². The molecule has 2 rings (SSSR count). The highest BCUT2D eigenvalue weighted by molar-refractivity contribution is 5.92. The van der Waals surface area contributed by atoms with Gasteiger partial charge in [0.2, 0.25) is 0 Å². The zero-order chi connectivity index (χ0) is 13.8. The average molecular weight is 265 g/mol. The van der Waals surface area contributed by atoms with Crippen LogP contribution in [0.25, 0.3) is 0 Å². The SMILES string of the molecule is CCc1cc(C(=O)N2CCCC(CCO)C2)n(C)n1. The number of hydrogen-bond donors (Lipinski definition) is 1. The molecule has 1 unspecified atom stereocenters. The Morgan fingerprint density at radius 3 is 3.00 bits per heavy atom. The van der Waals surface area contributed by atoms with Crippen LogP contribution < -0.4 is 0 Å². The number of aromatic nitrogens is 2. The minimum atomic E-state index is 0.0670. The van der Waals surface area contributed by atoms with Gasteiger partial charge in [0, 0.05) is 26.7 Å². The second kappa shape index (κ2) is 6.19. The van der Waals surface area contributed by atoms with Crippen molar-refractivity contribution in [3.8, 4) is 0 Å². The number of piperidine rings is 1. The molecule has 1 amide bonds. The Morgan fingerprint density at radius 1 is 1.58 bits per heavy atom. The lowest BCUT2D eigenvalue weighted by atomic mass is 9.95. The molecule has 0 aliphatic carbocycles. The third-order valence-corrected chi connectivity index (χ3v) is 3.86. The number of aryl methyl sites for hydroxylation is 2. The predicted octanol–water partition coefficient (Wildman–Crippen LogP) is 1.22. The minimum absolute atomic E-state index is 0.0670. The van der Waals surface area contributed by atoms with Gasteiger partial charge in [-0.3, -0.25) is 9.48 Å². The third kappa shape index (κ3) is 3.15. The number of aliphatic hydroxyl groups is 1. The largest absolute Gasteiger partial charge is 0.396 e. The van der Waals surface area contributed by atoms with Crippen LogP contribution in [0.5, 0.6) is 0 Å². The number of carbonyl (C=O) groups excluding carboxylic acids is 1. The smallest absolute Gasteiger partial charge is 0.272 e. The molecular weight excluding hydrogens is 242 g/mol. The summed E-state index contributed by atoms with van der Waals surface area (Å²) in [5, 5.41) is 13.4. The molecule has 1 saturated heterocycles. The molecule has 1 aliphatic rings. The first-order chi connectivity index (χ1) is 9.15. The maximum absolute atomic E-state index is 12.5. The van der Waals surface area contributed by atoms with Gasteiger partial charge in [-0.05, 0) is 37.7 Å². The number of hydrogen-bond acceptors (Lipinski definition) is 3. The fraction of sp³-hybridized carbons (Fsp3) is 0.714. The number of nitrogens with zero attached hydrogens (tertiary/aromatic N) is 3. The Kier molecular flexibility index (Phi) is 4.58. The number of rotatable bonds is 4. The summed E-state index contributed by atoms with van der Waals surface area (Å²) >= 11 is 0. The van der Waals surface area contributed by atoms with Crippen molar-refractivity contribution in [2.75, 3.05) is 19.7 Å². The van der Waals surface area contributed by atoms with Crippen LogP contribution in [0.1, 0.15) is 42.4 Å². The number of amides is 1. The molecule has 2 heterocycles. The van der Waals surface area contributed by atoms with Gasteiger partial charge in [-0.15, -0.1) is 0 Å². The highest BCUT2D eigenvalue weighted by Gasteiger charge is 2.26. The molecule has 106 valence electrons. The van der Waals surface area contributed by atoms with E-state index < -0.39 is 0 Å². The fourth-order valence-corrected chi connectivity index (χ4v) is 2.73. The van der Waals surface area contributed by atoms with E-state index in [0.717, 1.165) is 44.5 Å². The van der Waals surface area contributed by atoms with E-state index in [1.807, 2.05) is 24.9 Å². The normalized spacial score (nSPS) is 19.7. The van der Waals surface area contributed by atoms with Crippen molar-refractivity contribution in [2.45, 2.75) is 32.6 Å². The molecule has 1 aromatic rings. The van der Waals surface area contributed by atoms with Crippen LogP contribution >= 0.6 is 0 Å². The molecule has 0 saturated carbocycles. The van der Waals surface area contributed by atoms with E-state index >= 15 is 0 Å². The monoisotopic (exact) mass is 265 g/mol. The summed E-state index contributed by atoms with van der Waals surface area (Å²) in [6, 6.07) is 1.89. The standard InChI is InChI=1S/C14H23N3O2/c1-3-12-9-13(16(2)15-12)14(19)17-7-4-5-11(10-17)6-8-18/h9,11,18H,3-8,10H2,1-2H3. The second-order valence-corrected chi connectivity index (χ2v) is 5.27. The highest BCUT2D eigenvalue weighted by Crippen LogP contribution is 2.21. The Labute approximate surface area is 114 Å². The molecule has 1 aliphatic heterocycles. The molecule has 0 radical (unpaired) electrons. The minimum Gasteiger partial charge on any atom is -0.396 e. The summed E-state index contributed by atoms with van der Waals surface area (Å²) in [4.78, 5) is 14.4. The maximum Gasteiger partial charge on any atom is 0.272 e. The average Bonchev–Trinajstić information content (AvgIpc) is 2.80. The van der Waals surface area contributed by atoms with Crippen LogP contribution in [0.4, 0.5) is 0 Å². The molecule has 1 fully saturated rings. The molecule has 0 bridgehead atoms. The molecule has 0 spiro atoms. The van der Waals surface area contributed by atoms with Crippen molar-refractivity contribution in [1.29, 1.82) is 0 Å². The first kappa shape index (κ1) is 14.1. The van der Waals surface area contributed by atoms with Gasteiger partial charge in [0.05, 0.1) is 5.69 Å². The fourth-order valence-electron chi connectivity index (χ4n) is 2.73. The zero-order valence-corrected chi connectivity index (χ0v) is 11.8. The molecule has 5 nitrogen and oxygen atoms in total. The number of carbonyl (C=O) groups is 1. The quantitative estimate of drug-likeness (QED) is 0.890. The summed E-state index contributed by atoms with van der Waals surface area (Å²) in [5.74, 6) is 0.499. The van der Waals surface area contributed by atoms with Crippen molar-refractivity contribution >= 4 is 5.91 Å². The van der Waals surface area contributed by atoms with Gasteiger partial charge in [-0.25, -0.2) is 0 Å². The van der Waals surface area contributed by atoms with Crippen molar-refractivity contribution in [3.63, 3.8) is 0 Å². The number of aliphatic hydroxyl groups excluding tert-OH is 1. The first-order valence-electron chi connectivity index (χ1n) is 7.08. The van der Waals surface area contributed by atoms with Crippen LogP contribution in [0.15, 0.2) is 6.07 Å². The zero-order valence-electron chi connectivity index (χ0n) is 11.8. The van der Waals surface area contributed by atoms with Gasteiger partial charge in [0.15, 0.2) is 0 Å². The van der Waals surface area contributed by atoms with E-state index in [2.05, 4.69) is 5.10 Å². The molecule has 19 heavy (non-hydrogen) atoms. The summed E-state index contributed by atoms with van der Waals surface area (Å²) in [7, 11) is 1.82. The van der Waals surface area contributed by atoms with Crippen LogP contribution in [0.3, 0.4) is 0 Å².